The van der Waals surface area contributed by atoms with Crippen molar-refractivity contribution in [1.29, 1.82) is 0 Å². The summed E-state index contributed by atoms with van der Waals surface area (Å²) in [4.78, 5) is 12.9. The Kier molecular flexibility index (Phi) is 6.82. The summed E-state index contributed by atoms with van der Waals surface area (Å²) in [7, 11) is 0. The number of hydrogen-bond acceptors (Lipinski definition) is 3. The molecular formula is C26H28N4O2. The summed E-state index contributed by atoms with van der Waals surface area (Å²) >= 11 is 0. The predicted octanol–water partition coefficient (Wildman–Crippen LogP) is 5.55. The van der Waals surface area contributed by atoms with Gasteiger partial charge in [0.15, 0.2) is 0 Å². The monoisotopic (exact) mass is 428 g/mol. The van der Waals surface area contributed by atoms with Crippen molar-refractivity contribution >= 4 is 28.3 Å². The molecule has 0 spiro atoms. The molecule has 0 aliphatic heterocycles. The molecular weight excluding hydrogens is 400 g/mol. The first-order valence-electron chi connectivity index (χ1n) is 11.0. The van der Waals surface area contributed by atoms with E-state index in [0.717, 1.165) is 52.7 Å². The van der Waals surface area contributed by atoms with Crippen LogP contribution in [0, 0.1) is 0 Å². The zero-order valence-electron chi connectivity index (χ0n) is 18.2. The Labute approximate surface area is 187 Å². The number of aliphatic hydroxyl groups is 1. The molecule has 0 aliphatic carbocycles. The van der Waals surface area contributed by atoms with Crippen molar-refractivity contribution in [2.75, 3.05) is 17.2 Å². The fraction of sp³-hybridized carbons (Fsp3) is 0.231. The predicted molar refractivity (Wildman–Crippen MR) is 130 cm³/mol. The molecule has 32 heavy (non-hydrogen) atoms. The van der Waals surface area contributed by atoms with Gasteiger partial charge < -0.3 is 10.4 Å². The molecule has 0 saturated carbocycles. The Balaban J connectivity index is 1.58. The number of aromatic nitrogens is 2. The van der Waals surface area contributed by atoms with E-state index in [4.69, 9.17) is 10.2 Å². The van der Waals surface area contributed by atoms with Crippen LogP contribution in [0.4, 0.5) is 16.3 Å². The minimum atomic E-state index is -0.318. The second-order valence-corrected chi connectivity index (χ2v) is 7.78. The number of urea groups is 1. The van der Waals surface area contributed by atoms with Crippen LogP contribution in [-0.4, -0.2) is 27.5 Å². The van der Waals surface area contributed by atoms with Crippen molar-refractivity contribution in [3.63, 3.8) is 0 Å². The molecule has 1 heterocycles. The van der Waals surface area contributed by atoms with Crippen molar-refractivity contribution in [1.82, 2.24) is 9.78 Å². The van der Waals surface area contributed by atoms with Crippen molar-refractivity contribution in [3.05, 3.63) is 84.1 Å². The van der Waals surface area contributed by atoms with Gasteiger partial charge in [0.25, 0.3) is 0 Å². The van der Waals surface area contributed by atoms with Gasteiger partial charge in [-0.15, -0.1) is 0 Å². The van der Waals surface area contributed by atoms with Gasteiger partial charge in [-0.2, -0.15) is 5.10 Å². The van der Waals surface area contributed by atoms with E-state index in [2.05, 4.69) is 17.6 Å². The van der Waals surface area contributed by atoms with Gasteiger partial charge in [0.1, 0.15) is 5.82 Å². The highest BCUT2D eigenvalue weighted by Gasteiger charge is 2.13. The maximum Gasteiger partial charge on any atom is 0.324 e. The van der Waals surface area contributed by atoms with Crippen LogP contribution in [0.1, 0.15) is 31.0 Å². The number of aryl methyl sites for hydroxylation is 1. The lowest BCUT2D eigenvalue weighted by atomic mass is 10.1. The van der Waals surface area contributed by atoms with E-state index >= 15 is 0 Å². The zero-order chi connectivity index (χ0) is 22.3. The van der Waals surface area contributed by atoms with Crippen LogP contribution in [0.5, 0.6) is 0 Å². The summed E-state index contributed by atoms with van der Waals surface area (Å²) in [5.74, 6) is 0.615. The van der Waals surface area contributed by atoms with E-state index in [0.29, 0.717) is 12.2 Å². The molecule has 1 aromatic heterocycles. The molecule has 4 aromatic rings. The largest absolute Gasteiger partial charge is 0.396 e. The number of carbonyl (C=O) groups excluding carboxylic acids is 1. The summed E-state index contributed by atoms with van der Waals surface area (Å²) in [6, 6.07) is 23.3. The van der Waals surface area contributed by atoms with E-state index in [9.17, 15) is 4.79 Å². The molecule has 0 saturated heterocycles. The molecule has 0 bridgehead atoms. The highest BCUT2D eigenvalue weighted by atomic mass is 16.3. The Morgan fingerprint density at radius 1 is 0.969 bits per heavy atom. The number of benzene rings is 3. The first-order chi connectivity index (χ1) is 15.7. The normalized spacial score (nSPS) is 10.9. The Morgan fingerprint density at radius 2 is 1.75 bits per heavy atom. The van der Waals surface area contributed by atoms with Crippen LogP contribution in [-0.2, 0) is 12.8 Å². The second-order valence-electron chi connectivity index (χ2n) is 7.78. The van der Waals surface area contributed by atoms with Crippen molar-refractivity contribution in [3.8, 4) is 5.69 Å². The van der Waals surface area contributed by atoms with Crippen LogP contribution < -0.4 is 10.6 Å². The van der Waals surface area contributed by atoms with Gasteiger partial charge in [-0.05, 0) is 48.4 Å². The maximum absolute atomic E-state index is 12.9. The minimum absolute atomic E-state index is 0.115. The molecule has 0 aliphatic rings. The number of fused-ring (bicyclic) bond motifs is 1. The van der Waals surface area contributed by atoms with Crippen LogP contribution >= 0.6 is 0 Å². The number of carbonyl (C=O) groups is 1. The lowest BCUT2D eigenvalue weighted by Crippen LogP contribution is -2.21. The summed E-state index contributed by atoms with van der Waals surface area (Å²) in [6.07, 6.45) is 3.58. The summed E-state index contributed by atoms with van der Waals surface area (Å²) in [5.41, 5.74) is 3.60. The standard InChI is InChI=1S/C26H28N4O2/c1-2-3-9-21-18-25(30(29-21)22-14-12-19(13-15-22)16-17-31)28-26(32)27-24-11-6-8-20-7-4-5-10-23(20)24/h4-8,10-15,18,31H,2-3,9,16-17H2,1H3,(H2,27,28,32). The molecule has 0 atom stereocenters. The summed E-state index contributed by atoms with van der Waals surface area (Å²) in [5, 5.41) is 21.9. The minimum Gasteiger partial charge on any atom is -0.396 e. The van der Waals surface area contributed by atoms with Crippen molar-refractivity contribution in [2.45, 2.75) is 32.6 Å². The summed E-state index contributed by atoms with van der Waals surface area (Å²) in [6.45, 7) is 2.26. The number of anilines is 2. The van der Waals surface area contributed by atoms with Crippen LogP contribution in [0.15, 0.2) is 72.8 Å². The molecule has 4 rings (SSSR count). The number of aliphatic hydroxyl groups excluding tert-OH is 1. The zero-order valence-corrected chi connectivity index (χ0v) is 18.2. The molecule has 3 aromatic carbocycles. The van der Waals surface area contributed by atoms with E-state index < -0.39 is 0 Å². The van der Waals surface area contributed by atoms with Gasteiger partial charge in [-0.25, -0.2) is 9.48 Å². The number of nitrogens with zero attached hydrogens (tertiary/aromatic N) is 2. The van der Waals surface area contributed by atoms with Gasteiger partial charge in [0.05, 0.1) is 17.1 Å². The molecule has 0 unspecified atom stereocenters. The molecule has 2 amide bonds. The molecule has 6 heteroatoms. The van der Waals surface area contributed by atoms with Crippen LogP contribution in [0.2, 0.25) is 0 Å². The fourth-order valence-corrected chi connectivity index (χ4v) is 3.73. The molecule has 0 radical (unpaired) electrons. The van der Waals surface area contributed by atoms with Crippen LogP contribution in [0.25, 0.3) is 16.5 Å². The lowest BCUT2D eigenvalue weighted by molar-refractivity contribution is 0.262. The van der Waals surface area contributed by atoms with Gasteiger partial charge in [0, 0.05) is 18.1 Å². The average molecular weight is 429 g/mol. The molecule has 3 N–H and O–H groups in total. The Morgan fingerprint density at radius 3 is 2.53 bits per heavy atom. The Bertz CT molecular complexity index is 1190. The van der Waals surface area contributed by atoms with E-state index in [-0.39, 0.29) is 12.6 Å². The third-order valence-electron chi connectivity index (χ3n) is 5.41. The van der Waals surface area contributed by atoms with Gasteiger partial charge >= 0.3 is 6.03 Å². The highest BCUT2D eigenvalue weighted by molar-refractivity contribution is 6.06. The topological polar surface area (TPSA) is 79.2 Å². The van der Waals surface area contributed by atoms with Crippen molar-refractivity contribution in [2.24, 2.45) is 0 Å². The van der Waals surface area contributed by atoms with E-state index in [1.54, 1.807) is 4.68 Å². The van der Waals surface area contributed by atoms with E-state index in [1.165, 1.54) is 0 Å². The maximum atomic E-state index is 12.9. The molecule has 6 nitrogen and oxygen atoms in total. The van der Waals surface area contributed by atoms with Crippen LogP contribution in [0.3, 0.4) is 0 Å². The van der Waals surface area contributed by atoms with Gasteiger partial charge in [-0.3, -0.25) is 5.32 Å². The second kappa shape index (κ2) is 10.1. The molecule has 0 fully saturated rings. The third kappa shape index (κ3) is 4.98. The number of rotatable bonds is 8. The van der Waals surface area contributed by atoms with E-state index in [1.807, 2.05) is 72.8 Å². The quantitative estimate of drug-likeness (QED) is 0.344. The summed E-state index contributed by atoms with van der Waals surface area (Å²) < 4.78 is 1.76. The number of amides is 2. The highest BCUT2D eigenvalue weighted by Crippen LogP contribution is 2.24. The smallest absolute Gasteiger partial charge is 0.324 e. The number of nitrogens with one attached hydrogen (secondary N) is 2. The van der Waals surface area contributed by atoms with Gasteiger partial charge in [-0.1, -0.05) is 61.9 Å². The lowest BCUT2D eigenvalue weighted by Gasteiger charge is -2.12. The van der Waals surface area contributed by atoms with Gasteiger partial charge in [0.2, 0.25) is 0 Å². The van der Waals surface area contributed by atoms with Crippen molar-refractivity contribution < 1.29 is 9.90 Å². The Hall–Kier alpha value is -3.64. The molecule has 164 valence electrons. The first-order valence-corrected chi connectivity index (χ1v) is 11.0. The fourth-order valence-electron chi connectivity index (χ4n) is 3.73. The number of unbranched alkanes of at least 4 members (excludes halogenated alkanes) is 1. The average Bonchev–Trinajstić information content (AvgIpc) is 3.21. The first kappa shape index (κ1) is 21.6. The SMILES string of the molecule is CCCCc1cc(NC(=O)Nc2cccc3ccccc23)n(-c2ccc(CCO)cc2)n1. The third-order valence-corrected chi connectivity index (χ3v) is 5.41. The number of hydrogen-bond donors (Lipinski definition) is 3.